The van der Waals surface area contributed by atoms with E-state index in [0.717, 1.165) is 4.90 Å². The highest BCUT2D eigenvalue weighted by Gasteiger charge is 2.32. The minimum absolute atomic E-state index is 0.0277. The van der Waals surface area contributed by atoms with E-state index in [2.05, 4.69) is 20.7 Å². The van der Waals surface area contributed by atoms with Crippen molar-refractivity contribution in [2.24, 2.45) is 5.92 Å². The average Bonchev–Trinajstić information content (AvgIpc) is 3.38. The Bertz CT molecular complexity index is 1370. The Morgan fingerprint density at radius 2 is 1.72 bits per heavy atom. The molecule has 0 aliphatic carbocycles. The maximum atomic E-state index is 11.8. The lowest BCUT2D eigenvalue weighted by atomic mass is 9.94. The number of aliphatic carboxylic acids is 1. The van der Waals surface area contributed by atoms with Crippen molar-refractivity contribution in [1.82, 2.24) is 15.5 Å². The number of nitrogens with zero attached hydrogens (tertiary/aromatic N) is 1. The highest BCUT2D eigenvalue weighted by atomic mass is 16.7. The first-order valence-electron chi connectivity index (χ1n) is 16.1. The number of hydrogen-bond donors (Lipinski definition) is 6. The van der Waals surface area contributed by atoms with Gasteiger partial charge in [-0.3, -0.25) is 28.9 Å². The van der Waals surface area contributed by atoms with E-state index in [1.54, 1.807) is 18.2 Å². The Morgan fingerprint density at radius 1 is 1.02 bits per heavy atom. The number of carboxylic acids is 1. The molecule has 17 heteroatoms. The van der Waals surface area contributed by atoms with Crippen LogP contribution in [0.5, 0.6) is 0 Å². The Labute approximate surface area is 289 Å². The molecular formula is C33H46N4O13. The quantitative estimate of drug-likeness (QED) is 0.0540. The van der Waals surface area contributed by atoms with E-state index in [-0.39, 0.29) is 69.5 Å². The van der Waals surface area contributed by atoms with Crippen molar-refractivity contribution in [3.63, 3.8) is 0 Å². The minimum atomic E-state index is -1.43. The summed E-state index contributed by atoms with van der Waals surface area (Å²) >= 11 is 0. The zero-order chi connectivity index (χ0) is 37.2. The molecule has 2 heterocycles. The van der Waals surface area contributed by atoms with E-state index in [1.165, 1.54) is 12.2 Å². The molecule has 1 aromatic carbocycles. The van der Waals surface area contributed by atoms with E-state index in [0.29, 0.717) is 48.4 Å². The van der Waals surface area contributed by atoms with E-state index >= 15 is 0 Å². The Balaban J connectivity index is 0.000000377. The van der Waals surface area contributed by atoms with Crippen LogP contribution < -0.4 is 16.0 Å². The normalized spacial score (nSPS) is 18.9. The summed E-state index contributed by atoms with van der Waals surface area (Å²) in [7, 11) is 0. The van der Waals surface area contributed by atoms with Crippen molar-refractivity contribution in [3.05, 3.63) is 41.5 Å². The second-order valence-corrected chi connectivity index (χ2v) is 12.0. The van der Waals surface area contributed by atoms with Crippen LogP contribution in [-0.4, -0.2) is 113 Å². The fraction of sp³-hybridized carbons (Fsp3) is 0.545. The van der Waals surface area contributed by atoms with Gasteiger partial charge in [-0.15, -0.1) is 0 Å². The Kier molecular flexibility index (Phi) is 17.6. The number of carbonyl (C=O) groups excluding carboxylic acids is 5. The summed E-state index contributed by atoms with van der Waals surface area (Å²) in [5.74, 6) is -1.88. The molecule has 2 aliphatic heterocycles. The first kappa shape index (κ1) is 41.3. The molecule has 0 radical (unpaired) electrons. The van der Waals surface area contributed by atoms with Gasteiger partial charge in [-0.1, -0.05) is 19.9 Å². The summed E-state index contributed by atoms with van der Waals surface area (Å²) in [6.45, 7) is 6.38. The van der Waals surface area contributed by atoms with E-state index in [4.69, 9.17) is 19.7 Å². The van der Waals surface area contributed by atoms with Gasteiger partial charge >= 0.3 is 12.1 Å². The maximum Gasteiger partial charge on any atom is 0.506 e. The van der Waals surface area contributed by atoms with E-state index in [9.17, 15) is 38.7 Å². The molecule has 3 rings (SSSR count). The molecule has 0 aromatic heterocycles. The van der Waals surface area contributed by atoms with Gasteiger partial charge in [0.2, 0.25) is 18.2 Å². The summed E-state index contributed by atoms with van der Waals surface area (Å²) in [6, 6.07) is 4.96. The molecule has 1 aromatic rings. The lowest BCUT2D eigenvalue weighted by Crippen LogP contribution is -2.40. The summed E-state index contributed by atoms with van der Waals surface area (Å²) in [4.78, 5) is 79.1. The molecule has 0 spiro atoms. The van der Waals surface area contributed by atoms with Gasteiger partial charge in [0.15, 0.2) is 6.10 Å². The SMILES string of the molecule is CC(C)C(C)NC(=O)CCOCCN1C(=O)C=CC1=O.O=CNCC(=O)Nc1ccc(COC(=O)O)c(CCC2CC(O)CC(C(=O)O)O2)c1. The molecule has 4 unspecified atom stereocenters. The number of amides is 5. The number of rotatable bonds is 18. The number of imide groups is 1. The van der Waals surface area contributed by atoms with Gasteiger partial charge in [-0.2, -0.15) is 0 Å². The molecule has 6 N–H and O–H groups in total. The Hall–Kier alpha value is -4.87. The van der Waals surface area contributed by atoms with Gasteiger partial charge in [0, 0.05) is 36.7 Å². The van der Waals surface area contributed by atoms with E-state index in [1.807, 2.05) is 20.8 Å². The molecule has 1 saturated heterocycles. The number of carboxylic acid groups (broad SMARTS) is 2. The predicted molar refractivity (Wildman–Crippen MR) is 176 cm³/mol. The minimum Gasteiger partial charge on any atom is -0.479 e. The lowest BCUT2D eigenvalue weighted by molar-refractivity contribution is -0.166. The van der Waals surface area contributed by atoms with Crippen molar-refractivity contribution in [2.45, 2.75) is 83.8 Å². The zero-order valence-corrected chi connectivity index (χ0v) is 28.3. The number of nitrogens with one attached hydrogen (secondary N) is 3. The van der Waals surface area contributed by atoms with Crippen LogP contribution in [0, 0.1) is 5.92 Å². The molecule has 50 heavy (non-hydrogen) atoms. The van der Waals surface area contributed by atoms with Gasteiger partial charge < -0.3 is 45.5 Å². The monoisotopic (exact) mass is 706 g/mol. The molecule has 0 bridgehead atoms. The molecule has 17 nitrogen and oxygen atoms in total. The van der Waals surface area contributed by atoms with Crippen LogP contribution in [0.1, 0.15) is 57.6 Å². The third kappa shape index (κ3) is 15.1. The topological polar surface area (TPSA) is 247 Å². The zero-order valence-electron chi connectivity index (χ0n) is 28.3. The number of carbonyl (C=O) groups is 7. The first-order valence-corrected chi connectivity index (χ1v) is 16.1. The van der Waals surface area contributed by atoms with Crippen LogP contribution in [0.2, 0.25) is 0 Å². The van der Waals surface area contributed by atoms with Crippen LogP contribution in [0.3, 0.4) is 0 Å². The van der Waals surface area contributed by atoms with Gasteiger partial charge in [0.25, 0.3) is 11.8 Å². The standard InChI is InChI=1S/C19H24N2O9.C14H22N2O4/c22-10-20-8-17(24)21-13-3-1-12(9-29-19(27)28)11(5-13)2-4-15-6-14(23)7-16(30-15)18(25)26;1-10(2)11(3)15-12(17)6-8-20-9-7-16-13(18)4-5-14(16)19/h1,3,5,10,14-16,23H,2,4,6-9H2,(H,20,22)(H,21,24)(H,25,26)(H,27,28);4-5,10-11H,6-9H2,1-3H3,(H,15,17). The Morgan fingerprint density at radius 3 is 2.34 bits per heavy atom. The average molecular weight is 707 g/mol. The van der Waals surface area contributed by atoms with E-state index < -0.39 is 36.3 Å². The van der Waals surface area contributed by atoms with Gasteiger partial charge in [-0.05, 0) is 55.4 Å². The predicted octanol–water partition coefficient (Wildman–Crippen LogP) is 0.970. The van der Waals surface area contributed by atoms with Crippen LogP contribution in [-0.2, 0) is 56.0 Å². The number of anilines is 1. The van der Waals surface area contributed by atoms with Crippen molar-refractivity contribution < 1.29 is 63.1 Å². The summed E-state index contributed by atoms with van der Waals surface area (Å²) in [5, 5.41) is 35.5. The fourth-order valence-corrected chi connectivity index (χ4v) is 4.77. The van der Waals surface area contributed by atoms with Crippen LogP contribution in [0.4, 0.5) is 10.5 Å². The highest BCUT2D eigenvalue weighted by Crippen LogP contribution is 2.25. The third-order valence-electron chi connectivity index (χ3n) is 7.80. The summed E-state index contributed by atoms with van der Waals surface area (Å²) in [5.41, 5.74) is 1.69. The van der Waals surface area contributed by atoms with Gasteiger partial charge in [0.1, 0.15) is 6.61 Å². The van der Waals surface area contributed by atoms with Crippen molar-refractivity contribution in [2.75, 3.05) is 31.6 Å². The lowest BCUT2D eigenvalue weighted by Gasteiger charge is -2.31. The molecule has 0 saturated carbocycles. The largest absolute Gasteiger partial charge is 0.506 e. The van der Waals surface area contributed by atoms with Crippen molar-refractivity contribution in [3.8, 4) is 0 Å². The second-order valence-electron chi connectivity index (χ2n) is 12.0. The van der Waals surface area contributed by atoms with Crippen molar-refractivity contribution in [1.29, 1.82) is 0 Å². The number of aryl methyl sites for hydroxylation is 1. The molecule has 4 atom stereocenters. The summed E-state index contributed by atoms with van der Waals surface area (Å²) < 4.78 is 15.4. The maximum absolute atomic E-state index is 11.8. The molecule has 2 aliphatic rings. The molecule has 5 amide bonds. The smallest absolute Gasteiger partial charge is 0.479 e. The molecule has 1 fully saturated rings. The van der Waals surface area contributed by atoms with Crippen molar-refractivity contribution >= 4 is 47.9 Å². The number of benzene rings is 1. The highest BCUT2D eigenvalue weighted by molar-refractivity contribution is 6.12. The molecule has 276 valence electrons. The number of hydrogen-bond acceptors (Lipinski definition) is 11. The molecular weight excluding hydrogens is 660 g/mol. The first-order chi connectivity index (χ1) is 23.7. The summed E-state index contributed by atoms with van der Waals surface area (Å²) in [6.07, 6.45) is 0.449. The number of aliphatic hydroxyl groups excluding tert-OH is 1. The van der Waals surface area contributed by atoms with Crippen LogP contribution >= 0.6 is 0 Å². The van der Waals surface area contributed by atoms with Gasteiger partial charge in [-0.25, -0.2) is 9.59 Å². The third-order valence-corrected chi connectivity index (χ3v) is 7.80. The fourth-order valence-electron chi connectivity index (χ4n) is 4.77. The van der Waals surface area contributed by atoms with Gasteiger partial charge in [0.05, 0.1) is 38.5 Å². The number of aliphatic hydroxyl groups is 1. The van der Waals surface area contributed by atoms with Crippen LogP contribution in [0.15, 0.2) is 30.4 Å². The second kappa shape index (κ2) is 21.3. The number of ether oxygens (including phenoxy) is 3. The van der Waals surface area contributed by atoms with Crippen LogP contribution in [0.25, 0.3) is 0 Å².